The van der Waals surface area contributed by atoms with E-state index in [1.54, 1.807) is 38.2 Å². The molecule has 4 aromatic rings. The number of benzene rings is 2. The Balaban J connectivity index is 1.48. The number of nitrogens with one attached hydrogen (secondary N) is 2. The Bertz CT molecular complexity index is 1560. The smallest absolute Gasteiger partial charge is 0.339 e. The van der Waals surface area contributed by atoms with Crippen LogP contribution in [0.3, 0.4) is 0 Å². The molecule has 1 aliphatic rings. The Hall–Kier alpha value is -4.88. The van der Waals surface area contributed by atoms with Gasteiger partial charge in [0.15, 0.2) is 5.60 Å². The first-order chi connectivity index (χ1) is 20.8. The average molecular weight is 589 g/mol. The molecule has 0 amide bonds. The van der Waals surface area contributed by atoms with Crippen molar-refractivity contribution in [3.05, 3.63) is 77.8 Å². The van der Waals surface area contributed by atoms with E-state index in [2.05, 4.69) is 25.8 Å². The van der Waals surface area contributed by atoms with Crippen LogP contribution in [-0.4, -0.2) is 66.1 Å². The topological polar surface area (TPSA) is 160 Å². The van der Waals surface area contributed by atoms with E-state index in [-0.39, 0.29) is 43.5 Å². The summed E-state index contributed by atoms with van der Waals surface area (Å²) in [7, 11) is 3.07. The number of carbonyl (C=O) groups is 2. The fourth-order valence-corrected chi connectivity index (χ4v) is 4.72. The van der Waals surface area contributed by atoms with Crippen molar-refractivity contribution in [3.8, 4) is 11.5 Å². The molecule has 0 spiro atoms. The van der Waals surface area contributed by atoms with Gasteiger partial charge in [0, 0.05) is 31.7 Å². The predicted molar refractivity (Wildman–Crippen MR) is 154 cm³/mol. The van der Waals surface area contributed by atoms with E-state index in [4.69, 9.17) is 28.3 Å². The van der Waals surface area contributed by atoms with Crippen LogP contribution in [0.25, 0.3) is 11.5 Å². The van der Waals surface area contributed by atoms with Gasteiger partial charge in [0.25, 0.3) is 5.89 Å². The maximum absolute atomic E-state index is 12.6. The first kappa shape index (κ1) is 29.6. The van der Waals surface area contributed by atoms with Gasteiger partial charge in [-0.2, -0.15) is 4.98 Å². The summed E-state index contributed by atoms with van der Waals surface area (Å²) in [5.74, 6) is -0.235. The highest BCUT2D eigenvalue weighted by molar-refractivity contribution is 5.95. The first-order valence-corrected chi connectivity index (χ1v) is 13.6. The fraction of sp³-hybridized carbons (Fsp3) is 0.333. The average Bonchev–Trinajstić information content (AvgIpc) is 3.63. The van der Waals surface area contributed by atoms with Crippen LogP contribution >= 0.6 is 0 Å². The van der Waals surface area contributed by atoms with Crippen molar-refractivity contribution in [2.45, 2.75) is 25.5 Å². The summed E-state index contributed by atoms with van der Waals surface area (Å²) in [6.45, 7) is 3.85. The Kier molecular flexibility index (Phi) is 8.93. The van der Waals surface area contributed by atoms with Crippen molar-refractivity contribution in [2.75, 3.05) is 44.7 Å². The summed E-state index contributed by atoms with van der Waals surface area (Å²) in [6.07, 6.45) is 2.76. The Morgan fingerprint density at radius 1 is 1.05 bits per heavy atom. The minimum atomic E-state index is -1.08. The standard InChI is InChI=1S/C30H32N6O7/c1-18(2)27(37)41-14-24(19-8-6-5-7-9-19)34-25-22(26-36-32-17-42-26)13-31-29(35-25)33-20-10-11-21-23(12-20)30(15-39-3,16-40-4)43-28(21)38/h5-13,17-18,24H,14-16H2,1-4H3,(H2,31,33,34,35)/t24-/m1/s1. The first-order valence-electron chi connectivity index (χ1n) is 13.6. The lowest BCUT2D eigenvalue weighted by atomic mass is 9.93. The maximum Gasteiger partial charge on any atom is 0.339 e. The zero-order valence-electron chi connectivity index (χ0n) is 24.2. The van der Waals surface area contributed by atoms with Gasteiger partial charge in [-0.15, -0.1) is 10.2 Å². The van der Waals surface area contributed by atoms with E-state index >= 15 is 0 Å². The molecule has 0 fully saturated rings. The van der Waals surface area contributed by atoms with Crippen LogP contribution in [0.5, 0.6) is 0 Å². The number of carbonyl (C=O) groups excluding carboxylic acids is 2. The van der Waals surface area contributed by atoms with Crippen LogP contribution in [0.1, 0.15) is 41.4 Å². The third kappa shape index (κ3) is 6.47. The molecule has 1 atom stereocenters. The molecule has 0 bridgehead atoms. The van der Waals surface area contributed by atoms with Crippen LogP contribution in [0.15, 0.2) is 65.5 Å². The molecule has 0 radical (unpaired) electrons. The van der Waals surface area contributed by atoms with E-state index < -0.39 is 17.6 Å². The van der Waals surface area contributed by atoms with Crippen LogP contribution in [0.4, 0.5) is 17.5 Å². The van der Waals surface area contributed by atoms with Gasteiger partial charge in [0.2, 0.25) is 12.3 Å². The molecule has 43 heavy (non-hydrogen) atoms. The van der Waals surface area contributed by atoms with Crippen molar-refractivity contribution in [1.29, 1.82) is 0 Å². The molecule has 5 rings (SSSR count). The molecular weight excluding hydrogens is 556 g/mol. The Morgan fingerprint density at radius 2 is 1.81 bits per heavy atom. The summed E-state index contributed by atoms with van der Waals surface area (Å²) in [5, 5.41) is 14.4. The second-order valence-electron chi connectivity index (χ2n) is 10.2. The zero-order chi connectivity index (χ0) is 30.4. The second kappa shape index (κ2) is 13.0. The van der Waals surface area contributed by atoms with E-state index in [9.17, 15) is 9.59 Å². The normalized spacial score (nSPS) is 14.2. The molecule has 224 valence electrons. The molecule has 2 aromatic heterocycles. The number of methoxy groups -OCH3 is 2. The number of ether oxygens (including phenoxy) is 4. The number of hydrogen-bond acceptors (Lipinski definition) is 13. The van der Waals surface area contributed by atoms with E-state index in [1.165, 1.54) is 20.6 Å². The van der Waals surface area contributed by atoms with E-state index in [0.29, 0.717) is 28.2 Å². The van der Waals surface area contributed by atoms with Gasteiger partial charge in [-0.05, 0) is 23.8 Å². The third-order valence-corrected chi connectivity index (χ3v) is 6.79. The number of rotatable bonds is 13. The molecule has 0 aliphatic carbocycles. The van der Waals surface area contributed by atoms with Crippen molar-refractivity contribution in [1.82, 2.24) is 20.2 Å². The monoisotopic (exact) mass is 588 g/mol. The molecule has 13 heteroatoms. The maximum atomic E-state index is 12.6. The largest absolute Gasteiger partial charge is 0.463 e. The SMILES string of the molecule is COCC1(COC)OC(=O)c2ccc(Nc3ncc(-c4nnco4)c(N[C@H](COC(=O)C(C)C)c4ccccc4)n3)cc21. The fourth-order valence-electron chi connectivity index (χ4n) is 4.72. The van der Waals surface area contributed by atoms with Gasteiger partial charge in [-0.1, -0.05) is 44.2 Å². The van der Waals surface area contributed by atoms with Crippen LogP contribution < -0.4 is 10.6 Å². The minimum absolute atomic E-state index is 0.0526. The number of aromatic nitrogens is 4. The number of fused-ring (bicyclic) bond motifs is 1. The number of cyclic esters (lactones) is 1. The number of hydrogen-bond donors (Lipinski definition) is 2. The van der Waals surface area contributed by atoms with Crippen molar-refractivity contribution in [2.24, 2.45) is 5.92 Å². The van der Waals surface area contributed by atoms with Gasteiger partial charge in [-0.3, -0.25) is 4.79 Å². The molecule has 2 aromatic carbocycles. The van der Waals surface area contributed by atoms with E-state index in [0.717, 1.165) is 5.56 Å². The molecule has 0 saturated heterocycles. The molecule has 13 nitrogen and oxygen atoms in total. The van der Waals surface area contributed by atoms with Crippen LogP contribution in [0.2, 0.25) is 0 Å². The molecule has 2 N–H and O–H groups in total. The number of anilines is 3. The molecule has 0 unspecified atom stereocenters. The summed E-state index contributed by atoms with van der Waals surface area (Å²) in [6, 6.07) is 14.3. The molecular formula is C30H32N6O7. The highest BCUT2D eigenvalue weighted by Crippen LogP contribution is 2.39. The van der Waals surface area contributed by atoms with Crippen LogP contribution in [-0.2, 0) is 29.3 Å². The lowest BCUT2D eigenvalue weighted by Gasteiger charge is -2.27. The van der Waals surface area contributed by atoms with Gasteiger partial charge >= 0.3 is 11.9 Å². The minimum Gasteiger partial charge on any atom is -0.463 e. The lowest BCUT2D eigenvalue weighted by Crippen LogP contribution is -2.36. The zero-order valence-corrected chi connectivity index (χ0v) is 24.2. The van der Waals surface area contributed by atoms with Gasteiger partial charge < -0.3 is 34.0 Å². The van der Waals surface area contributed by atoms with Gasteiger partial charge in [0.05, 0.1) is 36.3 Å². The molecule has 1 aliphatic heterocycles. The Labute approximate surface area is 247 Å². The highest BCUT2D eigenvalue weighted by atomic mass is 16.6. The molecule has 0 saturated carbocycles. The van der Waals surface area contributed by atoms with Gasteiger partial charge in [0.1, 0.15) is 12.4 Å². The summed E-state index contributed by atoms with van der Waals surface area (Å²) in [4.78, 5) is 34.1. The van der Waals surface area contributed by atoms with Crippen LogP contribution in [0, 0.1) is 5.92 Å². The quantitative estimate of drug-likeness (QED) is 0.213. The van der Waals surface area contributed by atoms with Crippen molar-refractivity contribution < 1.29 is 33.0 Å². The summed E-state index contributed by atoms with van der Waals surface area (Å²) < 4.78 is 27.5. The lowest BCUT2D eigenvalue weighted by molar-refractivity contribution is -0.147. The van der Waals surface area contributed by atoms with Gasteiger partial charge in [-0.25, -0.2) is 9.78 Å². The number of nitrogens with zero attached hydrogens (tertiary/aromatic N) is 4. The summed E-state index contributed by atoms with van der Waals surface area (Å²) >= 11 is 0. The summed E-state index contributed by atoms with van der Waals surface area (Å²) in [5.41, 5.74) is 1.90. The van der Waals surface area contributed by atoms with Crippen molar-refractivity contribution in [3.63, 3.8) is 0 Å². The Morgan fingerprint density at radius 3 is 2.49 bits per heavy atom. The second-order valence-corrected chi connectivity index (χ2v) is 10.2. The van der Waals surface area contributed by atoms with Crippen molar-refractivity contribution >= 4 is 29.4 Å². The predicted octanol–water partition coefficient (Wildman–Crippen LogP) is 4.28. The highest BCUT2D eigenvalue weighted by Gasteiger charge is 2.46. The number of esters is 2. The molecule has 3 heterocycles. The third-order valence-electron chi connectivity index (χ3n) is 6.79. The van der Waals surface area contributed by atoms with E-state index in [1.807, 2.05) is 30.3 Å².